The number of nitrogens with one attached hydrogen (secondary N) is 1. The molecule has 0 atom stereocenters. The third-order valence-electron chi connectivity index (χ3n) is 3.95. The van der Waals surface area contributed by atoms with Crippen molar-refractivity contribution in [2.45, 2.75) is 47.0 Å². The molecule has 4 rings (SSSR count). The van der Waals surface area contributed by atoms with Crippen LogP contribution in [0, 0.1) is 0 Å². The number of hydrogen-bond acceptors (Lipinski definition) is 4. The molecular formula is C19H26N4O. The molecule has 5 heteroatoms. The number of anilines is 1. The highest BCUT2D eigenvalue weighted by Gasteiger charge is 2.21. The minimum absolute atomic E-state index is 0.0149. The predicted molar refractivity (Wildman–Crippen MR) is 101 cm³/mol. The molecule has 0 radical (unpaired) electrons. The van der Waals surface area contributed by atoms with E-state index >= 15 is 0 Å². The Morgan fingerprint density at radius 2 is 1.75 bits per heavy atom. The van der Waals surface area contributed by atoms with Crippen LogP contribution in [-0.2, 0) is 12.8 Å². The molecule has 1 N–H and O–H groups in total. The van der Waals surface area contributed by atoms with Gasteiger partial charge in [0.1, 0.15) is 5.82 Å². The van der Waals surface area contributed by atoms with E-state index in [0.717, 1.165) is 36.3 Å². The van der Waals surface area contributed by atoms with Crippen LogP contribution in [0.2, 0.25) is 0 Å². The van der Waals surface area contributed by atoms with E-state index < -0.39 is 0 Å². The largest absolute Gasteiger partial charge is 0.373 e. The smallest absolute Gasteiger partial charge is 0.267 e. The second-order valence-corrected chi connectivity index (χ2v) is 5.06. The van der Waals surface area contributed by atoms with Gasteiger partial charge in [-0.25, -0.2) is 9.38 Å². The second-order valence-electron chi connectivity index (χ2n) is 5.06. The first-order valence-corrected chi connectivity index (χ1v) is 8.80. The Balaban J connectivity index is 0.000000487. The highest BCUT2D eigenvalue weighted by molar-refractivity contribution is 5.79. The fourth-order valence-electron chi connectivity index (χ4n) is 3.04. The Kier molecular flexibility index (Phi) is 5.90. The summed E-state index contributed by atoms with van der Waals surface area (Å²) in [5, 5.41) is 3.77. The van der Waals surface area contributed by atoms with Gasteiger partial charge < -0.3 is 5.32 Å². The summed E-state index contributed by atoms with van der Waals surface area (Å²) in [7, 11) is 1.86. The molecule has 0 aliphatic heterocycles. The van der Waals surface area contributed by atoms with Crippen LogP contribution in [0.25, 0.3) is 16.7 Å². The maximum Gasteiger partial charge on any atom is 0.267 e. The molecule has 128 valence electrons. The van der Waals surface area contributed by atoms with E-state index in [2.05, 4.69) is 15.3 Å². The summed E-state index contributed by atoms with van der Waals surface area (Å²) in [6, 6.07) is 7.43. The number of aryl methyl sites for hydroxylation is 1. The van der Waals surface area contributed by atoms with Gasteiger partial charge in [0.15, 0.2) is 0 Å². The van der Waals surface area contributed by atoms with Crippen LogP contribution in [0.1, 0.15) is 45.4 Å². The normalized spacial score (nSPS) is 12.0. The van der Waals surface area contributed by atoms with Crippen molar-refractivity contribution in [3.05, 3.63) is 45.9 Å². The average Bonchev–Trinajstić information content (AvgIpc) is 3.14. The first kappa shape index (κ1) is 17.9. The molecule has 0 saturated heterocycles. The summed E-state index contributed by atoms with van der Waals surface area (Å²) in [5.74, 6) is 1.33. The molecule has 0 unspecified atom stereocenters. The van der Waals surface area contributed by atoms with E-state index in [9.17, 15) is 4.79 Å². The maximum absolute atomic E-state index is 12.7. The first-order valence-electron chi connectivity index (χ1n) is 8.80. The summed E-state index contributed by atoms with van der Waals surface area (Å²) < 4.78 is 1.69. The van der Waals surface area contributed by atoms with Crippen molar-refractivity contribution in [3.63, 3.8) is 0 Å². The molecule has 1 aromatic carbocycles. The van der Waals surface area contributed by atoms with Crippen LogP contribution in [0.15, 0.2) is 29.1 Å². The zero-order valence-corrected chi connectivity index (χ0v) is 15.2. The van der Waals surface area contributed by atoms with Gasteiger partial charge in [0, 0.05) is 18.3 Å². The van der Waals surface area contributed by atoms with Crippen molar-refractivity contribution in [1.82, 2.24) is 14.4 Å². The van der Waals surface area contributed by atoms with Gasteiger partial charge in [-0.1, -0.05) is 39.8 Å². The van der Waals surface area contributed by atoms with E-state index in [1.807, 2.05) is 59.0 Å². The molecule has 0 bridgehead atoms. The van der Waals surface area contributed by atoms with Gasteiger partial charge in [0.05, 0.1) is 10.9 Å². The van der Waals surface area contributed by atoms with Crippen molar-refractivity contribution in [1.29, 1.82) is 0 Å². The predicted octanol–water partition coefficient (Wildman–Crippen LogP) is 3.83. The monoisotopic (exact) mass is 326 g/mol. The molecule has 24 heavy (non-hydrogen) atoms. The van der Waals surface area contributed by atoms with Gasteiger partial charge in [-0.15, -0.1) is 0 Å². The van der Waals surface area contributed by atoms with Gasteiger partial charge in [-0.2, -0.15) is 4.98 Å². The van der Waals surface area contributed by atoms with Crippen molar-refractivity contribution >= 4 is 22.5 Å². The van der Waals surface area contributed by atoms with Crippen LogP contribution < -0.4 is 10.9 Å². The lowest BCUT2D eigenvalue weighted by molar-refractivity contribution is 0.874. The van der Waals surface area contributed by atoms with E-state index in [1.165, 1.54) is 0 Å². The van der Waals surface area contributed by atoms with E-state index in [-0.39, 0.29) is 5.56 Å². The van der Waals surface area contributed by atoms with Gasteiger partial charge in [0.25, 0.3) is 5.56 Å². The topological polar surface area (TPSA) is 59.3 Å². The standard InChI is InChI=1S/C15H14N4O.2C2H6/c1-16-13-10-6-4-8-12(10)19-14(20)9-5-2-3-7-11(9)17-15(19)18-13;2*1-2/h2-3,5,7H,4,6,8H2,1H3,(H,16,17,18);2*1-2H3. The van der Waals surface area contributed by atoms with Crippen LogP contribution in [-0.4, -0.2) is 21.4 Å². The number of fused-ring (bicyclic) bond motifs is 4. The van der Waals surface area contributed by atoms with Gasteiger partial charge in [-0.3, -0.25) is 4.79 Å². The van der Waals surface area contributed by atoms with E-state index in [4.69, 9.17) is 0 Å². The number of hydrogen-bond donors (Lipinski definition) is 1. The lowest BCUT2D eigenvalue weighted by Crippen LogP contribution is -2.21. The van der Waals surface area contributed by atoms with E-state index in [1.54, 1.807) is 4.40 Å². The quantitative estimate of drug-likeness (QED) is 0.691. The molecule has 2 aromatic heterocycles. The lowest BCUT2D eigenvalue weighted by atomic mass is 10.2. The minimum atomic E-state index is -0.0149. The number of para-hydroxylation sites is 1. The Bertz CT molecular complexity index is 899. The molecule has 5 nitrogen and oxygen atoms in total. The molecule has 0 amide bonds. The summed E-state index contributed by atoms with van der Waals surface area (Å²) in [5.41, 5.74) is 2.89. The van der Waals surface area contributed by atoms with Crippen LogP contribution >= 0.6 is 0 Å². The number of aromatic nitrogens is 3. The average molecular weight is 326 g/mol. The molecule has 0 saturated carbocycles. The Hall–Kier alpha value is -2.43. The van der Waals surface area contributed by atoms with Crippen LogP contribution in [0.4, 0.5) is 5.82 Å². The van der Waals surface area contributed by atoms with Crippen molar-refractivity contribution in [3.8, 4) is 0 Å². The Morgan fingerprint density at radius 1 is 1.04 bits per heavy atom. The second kappa shape index (κ2) is 7.90. The zero-order chi connectivity index (χ0) is 17.7. The lowest BCUT2D eigenvalue weighted by Gasteiger charge is -2.11. The molecule has 3 aromatic rings. The SMILES string of the molecule is CC.CC.CNc1nc2nc3ccccc3c(=O)n2c2c1CCC2. The van der Waals surface area contributed by atoms with Crippen molar-refractivity contribution < 1.29 is 0 Å². The third kappa shape index (κ3) is 2.86. The van der Waals surface area contributed by atoms with Crippen LogP contribution in [0.5, 0.6) is 0 Å². The highest BCUT2D eigenvalue weighted by Crippen LogP contribution is 2.27. The molecule has 1 aliphatic rings. The molecule has 0 fully saturated rings. The van der Waals surface area contributed by atoms with Gasteiger partial charge in [0.2, 0.25) is 5.78 Å². The van der Waals surface area contributed by atoms with Crippen LogP contribution in [0.3, 0.4) is 0 Å². The Labute approximate surface area is 142 Å². The fourth-order valence-corrected chi connectivity index (χ4v) is 3.04. The summed E-state index contributed by atoms with van der Waals surface area (Å²) in [6.45, 7) is 8.00. The van der Waals surface area contributed by atoms with E-state index in [0.29, 0.717) is 16.7 Å². The molecule has 1 aliphatic carbocycles. The highest BCUT2D eigenvalue weighted by atomic mass is 16.1. The molecule has 2 heterocycles. The summed E-state index contributed by atoms with van der Waals surface area (Å²) in [4.78, 5) is 21.8. The summed E-state index contributed by atoms with van der Waals surface area (Å²) in [6.07, 6.45) is 2.93. The molecule has 0 spiro atoms. The van der Waals surface area contributed by atoms with Gasteiger partial charge >= 0.3 is 0 Å². The maximum atomic E-state index is 12.7. The fraction of sp³-hybridized carbons (Fsp3) is 0.421. The third-order valence-corrected chi connectivity index (χ3v) is 3.95. The number of benzene rings is 1. The number of rotatable bonds is 1. The summed E-state index contributed by atoms with van der Waals surface area (Å²) >= 11 is 0. The zero-order valence-electron chi connectivity index (χ0n) is 15.2. The number of nitrogens with zero attached hydrogens (tertiary/aromatic N) is 3. The van der Waals surface area contributed by atoms with Crippen molar-refractivity contribution in [2.75, 3.05) is 12.4 Å². The Morgan fingerprint density at radius 3 is 2.46 bits per heavy atom. The van der Waals surface area contributed by atoms with Crippen molar-refractivity contribution in [2.24, 2.45) is 0 Å². The first-order chi connectivity index (χ1) is 11.8. The minimum Gasteiger partial charge on any atom is -0.373 e. The molecular weight excluding hydrogens is 300 g/mol. The van der Waals surface area contributed by atoms with Gasteiger partial charge in [-0.05, 0) is 31.4 Å².